The molecule has 1 fully saturated rings. The second kappa shape index (κ2) is 9.33. The van der Waals surface area contributed by atoms with Gasteiger partial charge < -0.3 is 4.90 Å². The highest BCUT2D eigenvalue weighted by atomic mass is 19.1. The number of nitrogens with zero attached hydrogens (tertiary/aromatic N) is 2. The van der Waals surface area contributed by atoms with Crippen molar-refractivity contribution in [2.24, 2.45) is 0 Å². The van der Waals surface area contributed by atoms with Gasteiger partial charge in [-0.25, -0.2) is 4.39 Å². The van der Waals surface area contributed by atoms with Crippen molar-refractivity contribution in [1.82, 2.24) is 4.90 Å². The summed E-state index contributed by atoms with van der Waals surface area (Å²) in [5, 5.41) is 0. The molecule has 1 aliphatic heterocycles. The molecular weight excluding hydrogens is 351 g/mol. The minimum absolute atomic E-state index is 0.0998. The van der Waals surface area contributed by atoms with E-state index >= 15 is 0 Å². The molecule has 0 N–H and O–H groups in total. The van der Waals surface area contributed by atoms with Gasteiger partial charge in [-0.2, -0.15) is 0 Å². The Kier molecular flexibility index (Phi) is 6.84. The smallest absolute Gasteiger partial charge is 0.227 e. The molecule has 3 rings (SSSR count). The van der Waals surface area contributed by atoms with Crippen LogP contribution in [0, 0.1) is 19.7 Å². The fourth-order valence-corrected chi connectivity index (χ4v) is 3.91. The van der Waals surface area contributed by atoms with Crippen molar-refractivity contribution >= 4 is 11.6 Å². The molecule has 2 aromatic rings. The number of carbonyl (C=O) groups is 1. The minimum atomic E-state index is -0.247. The molecule has 2 aromatic carbocycles. The molecular formula is C24H31FN2O. The van der Waals surface area contributed by atoms with Gasteiger partial charge in [-0.3, -0.25) is 9.69 Å². The number of anilines is 1. The summed E-state index contributed by atoms with van der Waals surface area (Å²) in [6, 6.07) is 14.0. The van der Waals surface area contributed by atoms with E-state index < -0.39 is 0 Å². The SMILES string of the molecule is CCCC(=O)N(c1ccc(C)c(F)c1)C1CCN(Cc2ccc(C)cc2)CC1. The fourth-order valence-electron chi connectivity index (χ4n) is 3.91. The summed E-state index contributed by atoms with van der Waals surface area (Å²) < 4.78 is 14.1. The Balaban J connectivity index is 1.69. The van der Waals surface area contributed by atoms with Gasteiger partial charge in [0.05, 0.1) is 0 Å². The first-order valence-electron chi connectivity index (χ1n) is 10.3. The number of aryl methyl sites for hydroxylation is 2. The van der Waals surface area contributed by atoms with Crippen molar-refractivity contribution in [2.75, 3.05) is 18.0 Å². The standard InChI is InChI=1S/C24H31FN2O/c1-4-5-24(28)27(22-11-8-19(3)23(25)16-22)21-12-14-26(15-13-21)17-20-9-6-18(2)7-10-20/h6-11,16,21H,4-5,12-15,17H2,1-3H3. The number of benzene rings is 2. The predicted molar refractivity (Wildman–Crippen MR) is 113 cm³/mol. The van der Waals surface area contributed by atoms with E-state index in [-0.39, 0.29) is 17.8 Å². The normalized spacial score (nSPS) is 15.6. The average Bonchev–Trinajstić information content (AvgIpc) is 2.68. The van der Waals surface area contributed by atoms with E-state index in [1.54, 1.807) is 13.0 Å². The van der Waals surface area contributed by atoms with Crippen LogP contribution in [0.25, 0.3) is 0 Å². The van der Waals surface area contributed by atoms with E-state index in [9.17, 15) is 9.18 Å². The van der Waals surface area contributed by atoms with Crippen LogP contribution in [-0.4, -0.2) is 29.9 Å². The van der Waals surface area contributed by atoms with Crippen molar-refractivity contribution in [3.8, 4) is 0 Å². The number of amides is 1. The van der Waals surface area contributed by atoms with Gasteiger partial charge in [-0.15, -0.1) is 0 Å². The molecule has 150 valence electrons. The number of hydrogen-bond acceptors (Lipinski definition) is 2. The maximum atomic E-state index is 14.1. The molecule has 0 aliphatic carbocycles. The highest BCUT2D eigenvalue weighted by Gasteiger charge is 2.29. The summed E-state index contributed by atoms with van der Waals surface area (Å²) in [6.45, 7) is 8.70. The number of rotatable bonds is 6. The minimum Gasteiger partial charge on any atom is -0.309 e. The number of likely N-dealkylation sites (tertiary alicyclic amines) is 1. The molecule has 0 aromatic heterocycles. The molecule has 4 heteroatoms. The van der Waals surface area contributed by atoms with E-state index in [2.05, 4.69) is 36.1 Å². The molecule has 1 amide bonds. The van der Waals surface area contributed by atoms with Crippen LogP contribution in [0.15, 0.2) is 42.5 Å². The van der Waals surface area contributed by atoms with E-state index in [0.29, 0.717) is 17.7 Å². The van der Waals surface area contributed by atoms with Crippen LogP contribution in [0.2, 0.25) is 0 Å². The van der Waals surface area contributed by atoms with Crippen molar-refractivity contribution in [3.05, 3.63) is 65.0 Å². The average molecular weight is 383 g/mol. The monoisotopic (exact) mass is 382 g/mol. The number of carbonyl (C=O) groups excluding carboxylic acids is 1. The molecule has 1 saturated heterocycles. The highest BCUT2D eigenvalue weighted by Crippen LogP contribution is 2.27. The third kappa shape index (κ3) is 4.99. The van der Waals surface area contributed by atoms with Crippen LogP contribution >= 0.6 is 0 Å². The van der Waals surface area contributed by atoms with Crippen LogP contribution in [0.5, 0.6) is 0 Å². The lowest BCUT2D eigenvalue weighted by Crippen LogP contribution is -2.47. The first kappa shape index (κ1) is 20.5. The summed E-state index contributed by atoms with van der Waals surface area (Å²) in [4.78, 5) is 17.1. The van der Waals surface area contributed by atoms with E-state index in [0.717, 1.165) is 38.9 Å². The summed E-state index contributed by atoms with van der Waals surface area (Å²) >= 11 is 0. The van der Waals surface area contributed by atoms with Crippen LogP contribution in [-0.2, 0) is 11.3 Å². The molecule has 0 unspecified atom stereocenters. The number of hydrogen-bond donors (Lipinski definition) is 0. The molecule has 0 saturated carbocycles. The fraction of sp³-hybridized carbons (Fsp3) is 0.458. The number of halogens is 1. The summed E-state index contributed by atoms with van der Waals surface area (Å²) in [6.07, 6.45) is 3.13. The van der Waals surface area contributed by atoms with Gasteiger partial charge in [-0.1, -0.05) is 42.8 Å². The Morgan fingerprint density at radius 1 is 1.11 bits per heavy atom. The Morgan fingerprint density at radius 2 is 1.79 bits per heavy atom. The quantitative estimate of drug-likeness (QED) is 0.682. The summed E-state index contributed by atoms with van der Waals surface area (Å²) in [7, 11) is 0. The van der Waals surface area contributed by atoms with Crippen LogP contribution in [0.4, 0.5) is 10.1 Å². The van der Waals surface area contributed by atoms with Crippen LogP contribution < -0.4 is 4.90 Å². The zero-order valence-corrected chi connectivity index (χ0v) is 17.2. The molecule has 1 heterocycles. The Bertz CT molecular complexity index is 795. The second-order valence-electron chi connectivity index (χ2n) is 7.94. The predicted octanol–water partition coefficient (Wildman–Crippen LogP) is 5.24. The van der Waals surface area contributed by atoms with Crippen molar-refractivity contribution in [1.29, 1.82) is 0 Å². The Labute approximate surface area is 168 Å². The van der Waals surface area contributed by atoms with Crippen molar-refractivity contribution in [2.45, 2.75) is 59.0 Å². The van der Waals surface area contributed by atoms with Gasteiger partial charge in [0.2, 0.25) is 5.91 Å². The van der Waals surface area contributed by atoms with Gasteiger partial charge in [-0.05, 0) is 56.4 Å². The molecule has 0 atom stereocenters. The van der Waals surface area contributed by atoms with Crippen LogP contribution in [0.3, 0.4) is 0 Å². The lowest BCUT2D eigenvalue weighted by molar-refractivity contribution is -0.119. The highest BCUT2D eigenvalue weighted by molar-refractivity contribution is 5.94. The first-order chi connectivity index (χ1) is 13.5. The van der Waals surface area contributed by atoms with Gasteiger partial charge in [0.25, 0.3) is 0 Å². The van der Waals surface area contributed by atoms with Crippen molar-refractivity contribution < 1.29 is 9.18 Å². The van der Waals surface area contributed by atoms with E-state index in [4.69, 9.17) is 0 Å². The topological polar surface area (TPSA) is 23.6 Å². The molecule has 0 spiro atoms. The second-order valence-corrected chi connectivity index (χ2v) is 7.94. The van der Waals surface area contributed by atoms with Gasteiger partial charge in [0.15, 0.2) is 0 Å². The summed E-state index contributed by atoms with van der Waals surface area (Å²) in [5.41, 5.74) is 3.90. The van der Waals surface area contributed by atoms with Crippen molar-refractivity contribution in [3.63, 3.8) is 0 Å². The zero-order chi connectivity index (χ0) is 20.1. The molecule has 3 nitrogen and oxygen atoms in total. The zero-order valence-electron chi connectivity index (χ0n) is 17.2. The lowest BCUT2D eigenvalue weighted by Gasteiger charge is -2.39. The maximum Gasteiger partial charge on any atom is 0.227 e. The molecule has 1 aliphatic rings. The van der Waals surface area contributed by atoms with Crippen LogP contribution in [0.1, 0.15) is 49.3 Å². The molecule has 0 radical (unpaired) electrons. The maximum absolute atomic E-state index is 14.1. The van der Waals surface area contributed by atoms with E-state index in [1.165, 1.54) is 17.2 Å². The Hall–Kier alpha value is -2.20. The molecule has 0 bridgehead atoms. The summed E-state index contributed by atoms with van der Waals surface area (Å²) in [5.74, 6) is -0.147. The number of piperidine rings is 1. The third-order valence-corrected chi connectivity index (χ3v) is 5.62. The van der Waals surface area contributed by atoms with E-state index in [1.807, 2.05) is 17.9 Å². The third-order valence-electron chi connectivity index (χ3n) is 5.62. The van der Waals surface area contributed by atoms with Gasteiger partial charge >= 0.3 is 0 Å². The molecule has 28 heavy (non-hydrogen) atoms. The Morgan fingerprint density at radius 3 is 2.39 bits per heavy atom. The van der Waals surface area contributed by atoms with Gasteiger partial charge in [0, 0.05) is 37.8 Å². The lowest BCUT2D eigenvalue weighted by atomic mass is 10.00. The largest absolute Gasteiger partial charge is 0.309 e. The van der Waals surface area contributed by atoms with Gasteiger partial charge in [0.1, 0.15) is 5.82 Å². The first-order valence-corrected chi connectivity index (χ1v) is 10.3.